The topological polar surface area (TPSA) is 81.9 Å². The van der Waals surface area contributed by atoms with Crippen molar-refractivity contribution in [2.24, 2.45) is 7.05 Å². The van der Waals surface area contributed by atoms with E-state index in [9.17, 15) is 4.79 Å². The highest BCUT2D eigenvalue weighted by molar-refractivity contribution is 6.58. The van der Waals surface area contributed by atoms with Gasteiger partial charge in [-0.3, -0.25) is 4.79 Å². The van der Waals surface area contributed by atoms with Crippen LogP contribution in [0, 0.1) is 6.92 Å². The van der Waals surface area contributed by atoms with Crippen molar-refractivity contribution in [2.45, 2.75) is 12.2 Å². The molecule has 2 aromatic carbocycles. The van der Waals surface area contributed by atoms with Gasteiger partial charge in [0.2, 0.25) is 0 Å². The number of carbonyl (C=O) groups is 1. The first kappa shape index (κ1) is 20.7. The van der Waals surface area contributed by atoms with E-state index < -0.39 is 0 Å². The van der Waals surface area contributed by atoms with Gasteiger partial charge in [-0.25, -0.2) is 4.98 Å². The van der Waals surface area contributed by atoms with Gasteiger partial charge in [-0.15, -0.1) is 10.2 Å². The summed E-state index contributed by atoms with van der Waals surface area (Å²) in [6, 6.07) is 14.8. The van der Waals surface area contributed by atoms with E-state index in [1.54, 1.807) is 24.3 Å². The molecule has 7 nitrogen and oxygen atoms in total. The van der Waals surface area contributed by atoms with Gasteiger partial charge in [-0.2, -0.15) is 0 Å². The quantitative estimate of drug-likeness (QED) is 0.486. The fraction of sp³-hybridized carbons (Fsp3) is 0.143. The predicted molar refractivity (Wildman–Crippen MR) is 130 cm³/mol. The number of benzene rings is 2. The lowest BCUT2D eigenvalue weighted by Crippen LogP contribution is -2.37. The first-order valence-electron chi connectivity index (χ1n) is 10.1. The second kappa shape index (κ2) is 7.94. The van der Waals surface area contributed by atoms with Gasteiger partial charge in [0.25, 0.3) is 5.91 Å². The number of imidazole rings is 1. The summed E-state index contributed by atoms with van der Waals surface area (Å²) >= 11 is 0. The molecule has 0 saturated carbocycles. The number of carbonyl (C=O) groups excluding carboxylic acids is 1. The van der Waals surface area contributed by atoms with Crippen molar-refractivity contribution in [1.82, 2.24) is 19.7 Å². The normalized spacial score (nSPS) is 11.4. The van der Waals surface area contributed by atoms with Crippen LogP contribution >= 0.6 is 0 Å². The van der Waals surface area contributed by atoms with Crippen molar-refractivity contribution in [3.8, 4) is 17.0 Å². The molecule has 0 radical (unpaired) electrons. The van der Waals surface area contributed by atoms with Crippen LogP contribution in [0.4, 0.5) is 5.82 Å². The predicted octanol–water partition coefficient (Wildman–Crippen LogP) is 0.480. The summed E-state index contributed by atoms with van der Waals surface area (Å²) in [5.41, 5.74) is 3.31. The van der Waals surface area contributed by atoms with Crippen LogP contribution in [0.3, 0.4) is 0 Å². The summed E-state index contributed by atoms with van der Waals surface area (Å²) < 4.78 is 7.83. The molecule has 0 atom stereocenters. The molecule has 0 aliphatic rings. The van der Waals surface area contributed by atoms with Crippen LogP contribution in [0.1, 0.15) is 16.2 Å². The maximum absolute atomic E-state index is 12.7. The van der Waals surface area contributed by atoms with E-state index in [0.29, 0.717) is 17.1 Å². The number of nitrogens with zero attached hydrogens (tertiary/aromatic N) is 4. The van der Waals surface area contributed by atoms with Gasteiger partial charge in [0.1, 0.15) is 35.1 Å². The van der Waals surface area contributed by atoms with Gasteiger partial charge in [0.15, 0.2) is 5.82 Å². The highest BCUT2D eigenvalue weighted by Crippen LogP contribution is 2.25. The van der Waals surface area contributed by atoms with E-state index in [1.165, 1.54) is 0 Å². The fourth-order valence-corrected chi connectivity index (χ4v) is 3.25. The number of hydrogen-bond acceptors (Lipinski definition) is 5. The van der Waals surface area contributed by atoms with Gasteiger partial charge in [-0.1, -0.05) is 6.07 Å². The summed E-state index contributed by atoms with van der Waals surface area (Å²) in [6.07, 6.45) is 1.85. The van der Waals surface area contributed by atoms with Crippen LogP contribution in [0.25, 0.3) is 22.2 Å². The number of anilines is 1. The van der Waals surface area contributed by atoms with Crippen LogP contribution in [0.15, 0.2) is 54.7 Å². The minimum absolute atomic E-state index is 0.255. The molecular formula is C21H22B3N5O2. The minimum Gasteiger partial charge on any atom is -0.514 e. The fourth-order valence-electron chi connectivity index (χ4n) is 3.25. The van der Waals surface area contributed by atoms with E-state index in [-0.39, 0.29) is 11.2 Å². The SMILES string of the molecule is BC(B)(B)Oc1ccc(C(=O)Nc2cc3cc(-c4cnc(C)n4C)ccc3nn2)cc1. The van der Waals surface area contributed by atoms with Gasteiger partial charge < -0.3 is 14.6 Å². The lowest BCUT2D eigenvalue weighted by atomic mass is 9.52. The molecule has 31 heavy (non-hydrogen) atoms. The van der Waals surface area contributed by atoms with Crippen LogP contribution < -0.4 is 10.1 Å². The summed E-state index contributed by atoms with van der Waals surface area (Å²) in [6.45, 7) is 1.96. The number of hydrogen-bond donors (Lipinski definition) is 1. The molecule has 1 N–H and O–H groups in total. The number of nitrogens with one attached hydrogen (secondary N) is 1. The first-order valence-corrected chi connectivity index (χ1v) is 10.1. The smallest absolute Gasteiger partial charge is 0.256 e. The highest BCUT2D eigenvalue weighted by Gasteiger charge is 2.14. The average molecular weight is 409 g/mol. The largest absolute Gasteiger partial charge is 0.514 e. The van der Waals surface area contributed by atoms with Crippen LogP contribution in [0.5, 0.6) is 5.75 Å². The van der Waals surface area contributed by atoms with Gasteiger partial charge >= 0.3 is 0 Å². The molecule has 2 heterocycles. The Balaban J connectivity index is 1.55. The Kier molecular flexibility index (Phi) is 5.31. The van der Waals surface area contributed by atoms with Crippen LogP contribution in [-0.4, -0.2) is 54.5 Å². The summed E-state index contributed by atoms with van der Waals surface area (Å²) in [7, 11) is 7.92. The molecule has 0 bridgehead atoms. The molecule has 0 aliphatic heterocycles. The summed E-state index contributed by atoms with van der Waals surface area (Å²) in [4.78, 5) is 17.0. The Morgan fingerprint density at radius 1 is 1.06 bits per heavy atom. The zero-order valence-corrected chi connectivity index (χ0v) is 18.3. The van der Waals surface area contributed by atoms with E-state index in [4.69, 9.17) is 4.74 Å². The molecule has 4 aromatic rings. The van der Waals surface area contributed by atoms with Crippen molar-refractivity contribution >= 4 is 46.2 Å². The van der Waals surface area contributed by atoms with Gasteiger partial charge in [0, 0.05) is 28.9 Å². The molecule has 0 saturated heterocycles. The van der Waals surface area contributed by atoms with E-state index in [1.807, 2.05) is 72.5 Å². The van der Waals surface area contributed by atoms with Crippen molar-refractivity contribution in [1.29, 1.82) is 0 Å². The Hall–Kier alpha value is -3.55. The molecular weight excluding hydrogens is 387 g/mol. The number of rotatable bonds is 5. The zero-order chi connectivity index (χ0) is 22.2. The Bertz CT molecular complexity index is 1270. The molecule has 0 fully saturated rings. The standard InChI is InChI=1S/C21H22B3N5O2/c1-12-25-11-18(29(12)2)14-5-8-17-15(9-14)10-19(28-27-17)26-20(30)13-3-6-16(7-4-13)31-21(22,23)24/h3-11H,22-24H2,1-2H3,(H,26,28,30). The third-order valence-corrected chi connectivity index (χ3v) is 4.88. The molecule has 4 rings (SSSR count). The second-order valence-electron chi connectivity index (χ2n) is 8.45. The molecule has 2 aromatic heterocycles. The Morgan fingerprint density at radius 3 is 2.45 bits per heavy atom. The third-order valence-electron chi connectivity index (χ3n) is 4.88. The van der Waals surface area contributed by atoms with Crippen molar-refractivity contribution in [3.63, 3.8) is 0 Å². The lowest BCUT2D eigenvalue weighted by molar-refractivity contribution is 0.102. The number of fused-ring (bicyclic) bond motifs is 1. The Morgan fingerprint density at radius 2 is 1.81 bits per heavy atom. The molecule has 152 valence electrons. The first-order chi connectivity index (χ1) is 14.7. The van der Waals surface area contributed by atoms with E-state index >= 15 is 0 Å². The number of ether oxygens (including phenoxy) is 1. The van der Waals surface area contributed by atoms with Gasteiger partial charge in [0.05, 0.1) is 17.4 Å². The van der Waals surface area contributed by atoms with E-state index in [0.717, 1.165) is 28.0 Å². The molecule has 10 heteroatoms. The minimum atomic E-state index is -0.294. The maximum atomic E-state index is 12.7. The third kappa shape index (κ3) is 4.63. The van der Waals surface area contributed by atoms with E-state index in [2.05, 4.69) is 20.5 Å². The van der Waals surface area contributed by atoms with Gasteiger partial charge in [-0.05, 0) is 49.4 Å². The molecule has 1 amide bonds. The summed E-state index contributed by atoms with van der Waals surface area (Å²) in [5.74, 6) is 1.79. The van der Waals surface area contributed by atoms with Crippen molar-refractivity contribution in [2.75, 3.05) is 5.32 Å². The Labute approximate surface area is 183 Å². The molecule has 0 unspecified atom stereocenters. The molecule has 0 aliphatic carbocycles. The van der Waals surface area contributed by atoms with Crippen molar-refractivity contribution in [3.05, 3.63) is 66.1 Å². The lowest BCUT2D eigenvalue weighted by Gasteiger charge is -2.21. The zero-order valence-electron chi connectivity index (χ0n) is 18.3. The number of aromatic nitrogens is 4. The number of amides is 1. The molecule has 0 spiro atoms. The average Bonchev–Trinajstić information content (AvgIpc) is 3.05. The highest BCUT2D eigenvalue weighted by atomic mass is 16.5. The van der Waals surface area contributed by atoms with Crippen LogP contribution in [0.2, 0.25) is 0 Å². The van der Waals surface area contributed by atoms with Crippen LogP contribution in [-0.2, 0) is 7.05 Å². The summed E-state index contributed by atoms with van der Waals surface area (Å²) in [5, 5.41) is 11.8. The second-order valence-corrected chi connectivity index (χ2v) is 8.45. The maximum Gasteiger partial charge on any atom is 0.256 e. The monoisotopic (exact) mass is 409 g/mol. The van der Waals surface area contributed by atoms with Crippen molar-refractivity contribution < 1.29 is 9.53 Å². The number of aryl methyl sites for hydroxylation is 1.